The minimum atomic E-state index is -3.98. The molecular formula is C12H13Cl2NO4S. The van der Waals surface area contributed by atoms with Gasteiger partial charge in [0.05, 0.1) is 11.5 Å². The third kappa shape index (κ3) is 4.49. The minimum Gasteiger partial charge on any atom is -0.395 e. The van der Waals surface area contributed by atoms with Crippen LogP contribution in [0.25, 0.3) is 0 Å². The van der Waals surface area contributed by atoms with E-state index in [1.54, 1.807) is 0 Å². The summed E-state index contributed by atoms with van der Waals surface area (Å²) in [5.74, 6) is -0.469. The zero-order valence-electron chi connectivity index (χ0n) is 10.4. The SMILES string of the molecule is C=CCN(CCO)C(=O)c1cc(Cl)cc(S(=O)(=O)Cl)c1. The summed E-state index contributed by atoms with van der Waals surface area (Å²) in [4.78, 5) is 13.3. The van der Waals surface area contributed by atoms with Gasteiger partial charge in [0.2, 0.25) is 0 Å². The Morgan fingerprint density at radius 2 is 2.05 bits per heavy atom. The second kappa shape index (κ2) is 7.08. The van der Waals surface area contributed by atoms with Gasteiger partial charge in [-0.15, -0.1) is 6.58 Å². The van der Waals surface area contributed by atoms with E-state index >= 15 is 0 Å². The van der Waals surface area contributed by atoms with Gasteiger partial charge < -0.3 is 10.0 Å². The lowest BCUT2D eigenvalue weighted by atomic mass is 10.2. The second-order valence-electron chi connectivity index (χ2n) is 3.88. The van der Waals surface area contributed by atoms with Crippen molar-refractivity contribution in [3.05, 3.63) is 41.4 Å². The first-order valence-electron chi connectivity index (χ1n) is 5.56. The van der Waals surface area contributed by atoms with Crippen LogP contribution >= 0.6 is 22.3 Å². The van der Waals surface area contributed by atoms with E-state index in [2.05, 4.69) is 6.58 Å². The van der Waals surface area contributed by atoms with Gasteiger partial charge in [-0.25, -0.2) is 8.42 Å². The first-order chi connectivity index (χ1) is 9.29. The molecule has 0 aromatic heterocycles. The monoisotopic (exact) mass is 337 g/mol. The predicted molar refractivity (Wildman–Crippen MR) is 77.7 cm³/mol. The number of amides is 1. The highest BCUT2D eigenvalue weighted by Crippen LogP contribution is 2.22. The summed E-state index contributed by atoms with van der Waals surface area (Å²) in [5.41, 5.74) is 0.0759. The van der Waals surface area contributed by atoms with Crippen molar-refractivity contribution in [2.45, 2.75) is 4.90 Å². The van der Waals surface area contributed by atoms with Crippen LogP contribution in [-0.2, 0) is 9.05 Å². The number of aliphatic hydroxyl groups is 1. The largest absolute Gasteiger partial charge is 0.395 e. The van der Waals surface area contributed by atoms with E-state index in [1.165, 1.54) is 17.0 Å². The van der Waals surface area contributed by atoms with E-state index in [4.69, 9.17) is 27.4 Å². The molecule has 0 atom stereocenters. The molecule has 0 spiro atoms. The average molecular weight is 338 g/mol. The standard InChI is InChI=1S/C12H13Cl2NO4S/c1-2-3-15(4-5-16)12(17)9-6-10(13)8-11(7-9)20(14,18)19/h2,6-8,16H,1,3-5H2. The summed E-state index contributed by atoms with van der Waals surface area (Å²) < 4.78 is 22.6. The van der Waals surface area contributed by atoms with Crippen molar-refractivity contribution in [1.82, 2.24) is 4.90 Å². The molecule has 8 heteroatoms. The number of nitrogens with zero attached hydrogens (tertiary/aromatic N) is 1. The van der Waals surface area contributed by atoms with Gasteiger partial charge in [-0.1, -0.05) is 17.7 Å². The average Bonchev–Trinajstić information content (AvgIpc) is 2.36. The van der Waals surface area contributed by atoms with Crippen LogP contribution in [0.5, 0.6) is 0 Å². The van der Waals surface area contributed by atoms with Crippen LogP contribution in [0.3, 0.4) is 0 Å². The van der Waals surface area contributed by atoms with Crippen LogP contribution in [0.15, 0.2) is 35.7 Å². The molecule has 1 rings (SSSR count). The van der Waals surface area contributed by atoms with E-state index in [9.17, 15) is 13.2 Å². The lowest BCUT2D eigenvalue weighted by Crippen LogP contribution is -2.33. The maximum Gasteiger partial charge on any atom is 0.261 e. The Kier molecular flexibility index (Phi) is 6.01. The van der Waals surface area contributed by atoms with Crippen molar-refractivity contribution < 1.29 is 18.3 Å². The van der Waals surface area contributed by atoms with Gasteiger partial charge in [-0.2, -0.15) is 0 Å². The van der Waals surface area contributed by atoms with E-state index in [1.807, 2.05) is 0 Å². The van der Waals surface area contributed by atoms with Gasteiger partial charge in [-0.3, -0.25) is 4.79 Å². The Balaban J connectivity index is 3.21. The molecule has 0 aliphatic carbocycles. The molecule has 0 saturated carbocycles. The maximum absolute atomic E-state index is 12.2. The highest BCUT2D eigenvalue weighted by atomic mass is 35.7. The van der Waals surface area contributed by atoms with E-state index in [-0.39, 0.29) is 35.2 Å². The quantitative estimate of drug-likeness (QED) is 0.635. The molecule has 110 valence electrons. The van der Waals surface area contributed by atoms with Crippen LogP contribution in [0.2, 0.25) is 5.02 Å². The predicted octanol–water partition coefficient (Wildman–Crippen LogP) is 1.89. The molecule has 0 saturated heterocycles. The van der Waals surface area contributed by atoms with Crippen LogP contribution in [-0.4, -0.2) is 44.0 Å². The molecule has 0 aliphatic rings. The Bertz CT molecular complexity index is 616. The molecule has 1 amide bonds. The van der Waals surface area contributed by atoms with Crippen molar-refractivity contribution >= 4 is 37.2 Å². The molecule has 0 heterocycles. The van der Waals surface area contributed by atoms with E-state index in [0.29, 0.717) is 0 Å². The first kappa shape index (κ1) is 17.0. The molecule has 0 unspecified atom stereocenters. The summed E-state index contributed by atoms with van der Waals surface area (Å²) in [6.45, 7) is 3.61. The second-order valence-corrected chi connectivity index (χ2v) is 6.88. The number of aliphatic hydroxyl groups excluding tert-OH is 1. The first-order valence-corrected chi connectivity index (χ1v) is 8.24. The number of carbonyl (C=O) groups is 1. The van der Waals surface area contributed by atoms with Crippen LogP contribution in [0.1, 0.15) is 10.4 Å². The van der Waals surface area contributed by atoms with Crippen molar-refractivity contribution in [3.8, 4) is 0 Å². The fourth-order valence-electron chi connectivity index (χ4n) is 1.56. The normalized spacial score (nSPS) is 11.2. The summed E-state index contributed by atoms with van der Waals surface area (Å²) >= 11 is 5.80. The van der Waals surface area contributed by atoms with Crippen LogP contribution < -0.4 is 0 Å². The summed E-state index contributed by atoms with van der Waals surface area (Å²) in [7, 11) is 1.26. The van der Waals surface area contributed by atoms with Gasteiger partial charge in [-0.05, 0) is 18.2 Å². The van der Waals surface area contributed by atoms with E-state index in [0.717, 1.165) is 12.1 Å². The molecule has 20 heavy (non-hydrogen) atoms. The third-order valence-electron chi connectivity index (χ3n) is 2.41. The molecule has 0 fully saturated rings. The summed E-state index contributed by atoms with van der Waals surface area (Å²) in [6, 6.07) is 3.64. The minimum absolute atomic E-state index is 0.0759. The van der Waals surface area contributed by atoms with Crippen LogP contribution in [0.4, 0.5) is 0 Å². The zero-order valence-corrected chi connectivity index (χ0v) is 12.7. The molecule has 5 nitrogen and oxygen atoms in total. The van der Waals surface area contributed by atoms with Gasteiger partial charge in [0.1, 0.15) is 0 Å². The van der Waals surface area contributed by atoms with Crippen molar-refractivity contribution in [3.63, 3.8) is 0 Å². The van der Waals surface area contributed by atoms with Gasteiger partial charge in [0.15, 0.2) is 0 Å². The Morgan fingerprint density at radius 1 is 1.40 bits per heavy atom. The lowest BCUT2D eigenvalue weighted by molar-refractivity contribution is 0.0742. The summed E-state index contributed by atoms with van der Waals surface area (Å²) in [6.07, 6.45) is 1.50. The Labute approximate surface area is 126 Å². The molecule has 0 radical (unpaired) electrons. The molecule has 0 bridgehead atoms. The molecule has 1 N–H and O–H groups in total. The van der Waals surface area contributed by atoms with Crippen molar-refractivity contribution in [1.29, 1.82) is 0 Å². The fraction of sp³-hybridized carbons (Fsp3) is 0.250. The van der Waals surface area contributed by atoms with Gasteiger partial charge in [0.25, 0.3) is 15.0 Å². The van der Waals surface area contributed by atoms with Crippen molar-refractivity contribution in [2.75, 3.05) is 19.7 Å². The van der Waals surface area contributed by atoms with E-state index < -0.39 is 15.0 Å². The number of hydrogen-bond donors (Lipinski definition) is 1. The van der Waals surface area contributed by atoms with Gasteiger partial charge in [0, 0.05) is 34.4 Å². The smallest absolute Gasteiger partial charge is 0.261 e. The number of benzene rings is 1. The fourth-order valence-corrected chi connectivity index (χ4v) is 2.66. The van der Waals surface area contributed by atoms with Gasteiger partial charge >= 0.3 is 0 Å². The number of hydrogen-bond acceptors (Lipinski definition) is 4. The Morgan fingerprint density at radius 3 is 2.55 bits per heavy atom. The topological polar surface area (TPSA) is 74.7 Å². The maximum atomic E-state index is 12.2. The molecule has 1 aromatic carbocycles. The number of carbonyl (C=O) groups excluding carboxylic acids is 1. The van der Waals surface area contributed by atoms with Crippen LogP contribution in [0, 0.1) is 0 Å². The molecular weight excluding hydrogens is 325 g/mol. The molecule has 1 aromatic rings. The zero-order chi connectivity index (χ0) is 15.3. The summed E-state index contributed by atoms with van der Waals surface area (Å²) in [5, 5.41) is 9.01. The number of rotatable bonds is 6. The number of halogens is 2. The highest BCUT2D eigenvalue weighted by Gasteiger charge is 2.19. The Hall–Kier alpha value is -1.08. The highest BCUT2D eigenvalue weighted by molar-refractivity contribution is 8.13. The van der Waals surface area contributed by atoms with Crippen molar-refractivity contribution in [2.24, 2.45) is 0 Å². The third-order valence-corrected chi connectivity index (χ3v) is 3.96. The molecule has 0 aliphatic heterocycles. The lowest BCUT2D eigenvalue weighted by Gasteiger charge is -2.20.